The van der Waals surface area contributed by atoms with Crippen LogP contribution in [0.4, 0.5) is 5.69 Å². The molecule has 5 rings (SSSR count). The van der Waals surface area contributed by atoms with Crippen LogP contribution in [0.25, 0.3) is 11.1 Å². The number of hydrogen-bond donors (Lipinski definition) is 1. The van der Waals surface area contributed by atoms with Gasteiger partial charge in [-0.15, -0.1) is 0 Å². The topological polar surface area (TPSA) is 68.2 Å². The van der Waals surface area contributed by atoms with Crippen LogP contribution in [0.1, 0.15) is 43.6 Å². The molecule has 2 fully saturated rings. The van der Waals surface area contributed by atoms with Gasteiger partial charge in [0.05, 0.1) is 27.2 Å². The van der Waals surface area contributed by atoms with Gasteiger partial charge in [-0.3, -0.25) is 4.79 Å². The van der Waals surface area contributed by atoms with Gasteiger partial charge < -0.3 is 24.2 Å². The summed E-state index contributed by atoms with van der Waals surface area (Å²) in [6.07, 6.45) is 4.52. The van der Waals surface area contributed by atoms with Gasteiger partial charge >= 0.3 is 5.97 Å². The summed E-state index contributed by atoms with van der Waals surface area (Å²) in [4.78, 5) is 13.8. The van der Waals surface area contributed by atoms with Crippen molar-refractivity contribution in [2.24, 2.45) is 11.8 Å². The molecule has 3 aromatic carbocycles. The third-order valence-corrected chi connectivity index (χ3v) is 7.92. The van der Waals surface area contributed by atoms with E-state index in [4.69, 9.17) is 14.2 Å². The van der Waals surface area contributed by atoms with E-state index in [0.29, 0.717) is 18.4 Å². The Balaban J connectivity index is 0.00000353. The molecular formula is C32H39NO5S. The Morgan fingerprint density at radius 2 is 1.59 bits per heavy atom. The molecule has 39 heavy (non-hydrogen) atoms. The zero-order valence-corrected chi connectivity index (χ0v) is 23.8. The Kier molecular flexibility index (Phi) is 9.68. The molecule has 1 N–H and O–H groups in total. The van der Waals surface area contributed by atoms with Crippen molar-refractivity contribution in [1.29, 1.82) is 0 Å². The molecule has 0 spiro atoms. The number of carboxylic acids is 1. The van der Waals surface area contributed by atoms with Crippen LogP contribution in [0.15, 0.2) is 66.7 Å². The molecule has 1 aliphatic carbocycles. The van der Waals surface area contributed by atoms with E-state index in [2.05, 4.69) is 35.2 Å². The Morgan fingerprint density at radius 1 is 0.897 bits per heavy atom. The molecule has 1 saturated heterocycles. The number of carboxylic acid groups (broad SMARTS) is 1. The van der Waals surface area contributed by atoms with Gasteiger partial charge in [-0.2, -0.15) is 13.5 Å². The molecule has 208 valence electrons. The second kappa shape index (κ2) is 13.2. The Hall–Kier alpha value is -3.32. The standard InChI is InChI=1S/C32H37NO5.H2S/c1-36-26-10-8-23(9-11-26)29-13-12-27(37-2)19-31(29)33-16-14-22(15-17-33)21-38-28-5-3-4-25(18-28)30(20-32(34)35)24-6-7-24;/h3-5,8-13,18-19,22,24,30H,6-7,14-17,20-21H2,1-2H3,(H,34,35);1H2/t30-;/m0./s1. The molecule has 3 aromatic rings. The van der Waals surface area contributed by atoms with Crippen LogP contribution in [0.2, 0.25) is 0 Å². The molecule has 0 aromatic heterocycles. The van der Waals surface area contributed by atoms with Crippen molar-refractivity contribution in [2.45, 2.75) is 38.0 Å². The molecule has 0 radical (unpaired) electrons. The highest BCUT2D eigenvalue weighted by Crippen LogP contribution is 2.45. The molecular weight excluding hydrogens is 510 g/mol. The number of ether oxygens (including phenoxy) is 3. The SMILES string of the molecule is COc1ccc(-c2ccc(OC)cc2N2CCC(COc3cccc([C@@H](CC(=O)O)C4CC4)c3)CC2)cc1.S. The summed E-state index contributed by atoms with van der Waals surface area (Å²) in [7, 11) is 3.39. The summed E-state index contributed by atoms with van der Waals surface area (Å²) < 4.78 is 17.1. The van der Waals surface area contributed by atoms with E-state index in [1.54, 1.807) is 14.2 Å². The van der Waals surface area contributed by atoms with Crippen molar-refractivity contribution in [3.05, 3.63) is 72.3 Å². The third-order valence-electron chi connectivity index (χ3n) is 7.92. The summed E-state index contributed by atoms with van der Waals surface area (Å²) in [6, 6.07) is 22.6. The summed E-state index contributed by atoms with van der Waals surface area (Å²) in [5, 5.41) is 9.35. The molecule has 1 atom stereocenters. The van der Waals surface area contributed by atoms with Gasteiger partial charge in [0.1, 0.15) is 17.2 Å². The number of methoxy groups -OCH3 is 2. The molecule has 0 unspecified atom stereocenters. The fraction of sp³-hybridized carbons (Fsp3) is 0.406. The van der Waals surface area contributed by atoms with E-state index in [9.17, 15) is 9.90 Å². The number of benzene rings is 3. The van der Waals surface area contributed by atoms with Gasteiger partial charge in [-0.1, -0.05) is 24.3 Å². The van der Waals surface area contributed by atoms with Crippen molar-refractivity contribution in [2.75, 3.05) is 38.8 Å². The van der Waals surface area contributed by atoms with E-state index >= 15 is 0 Å². The predicted octanol–water partition coefficient (Wildman–Crippen LogP) is 6.75. The molecule has 1 heterocycles. The lowest BCUT2D eigenvalue weighted by Gasteiger charge is -2.35. The largest absolute Gasteiger partial charge is 0.497 e. The Labute approximate surface area is 238 Å². The van der Waals surface area contributed by atoms with Crippen molar-refractivity contribution >= 4 is 25.2 Å². The zero-order valence-electron chi connectivity index (χ0n) is 22.8. The lowest BCUT2D eigenvalue weighted by atomic mass is 9.91. The van der Waals surface area contributed by atoms with Crippen LogP contribution < -0.4 is 19.1 Å². The van der Waals surface area contributed by atoms with Gasteiger partial charge in [0.15, 0.2) is 0 Å². The van der Waals surface area contributed by atoms with Crippen molar-refractivity contribution in [3.8, 4) is 28.4 Å². The van der Waals surface area contributed by atoms with Crippen LogP contribution in [0.3, 0.4) is 0 Å². The first-order chi connectivity index (χ1) is 18.5. The summed E-state index contributed by atoms with van der Waals surface area (Å²) in [5.41, 5.74) is 4.62. The number of nitrogens with zero attached hydrogens (tertiary/aromatic N) is 1. The molecule has 6 nitrogen and oxygen atoms in total. The lowest BCUT2D eigenvalue weighted by Crippen LogP contribution is -2.35. The fourth-order valence-electron chi connectivity index (χ4n) is 5.55. The molecule has 0 amide bonds. The van der Waals surface area contributed by atoms with E-state index in [0.717, 1.165) is 67.1 Å². The summed E-state index contributed by atoms with van der Waals surface area (Å²) in [5.74, 6) is 2.87. The highest BCUT2D eigenvalue weighted by Gasteiger charge is 2.34. The molecule has 1 aliphatic heterocycles. The van der Waals surface area contributed by atoms with Crippen LogP contribution in [-0.4, -0.2) is 45.0 Å². The van der Waals surface area contributed by atoms with E-state index in [-0.39, 0.29) is 25.8 Å². The average molecular weight is 550 g/mol. The highest BCUT2D eigenvalue weighted by atomic mass is 32.1. The quantitative estimate of drug-likeness (QED) is 0.285. The minimum atomic E-state index is -0.730. The van der Waals surface area contributed by atoms with Crippen molar-refractivity contribution in [3.63, 3.8) is 0 Å². The molecule has 0 bridgehead atoms. The second-order valence-corrected chi connectivity index (χ2v) is 10.5. The first-order valence-electron chi connectivity index (χ1n) is 13.6. The van der Waals surface area contributed by atoms with Gasteiger partial charge in [0.25, 0.3) is 0 Å². The first-order valence-corrected chi connectivity index (χ1v) is 13.6. The van der Waals surface area contributed by atoms with Crippen LogP contribution in [0, 0.1) is 11.8 Å². The number of aliphatic carboxylic acids is 1. The summed E-state index contributed by atoms with van der Waals surface area (Å²) >= 11 is 0. The van der Waals surface area contributed by atoms with Crippen LogP contribution >= 0.6 is 13.5 Å². The normalized spacial score (nSPS) is 16.2. The Morgan fingerprint density at radius 3 is 2.23 bits per heavy atom. The zero-order chi connectivity index (χ0) is 26.5. The van der Waals surface area contributed by atoms with E-state index < -0.39 is 5.97 Å². The smallest absolute Gasteiger partial charge is 0.303 e. The number of carbonyl (C=O) groups is 1. The van der Waals surface area contributed by atoms with E-state index in [1.807, 2.05) is 36.4 Å². The average Bonchev–Trinajstić information content (AvgIpc) is 3.80. The predicted molar refractivity (Wildman–Crippen MR) is 160 cm³/mol. The highest BCUT2D eigenvalue weighted by molar-refractivity contribution is 7.59. The monoisotopic (exact) mass is 549 g/mol. The molecule has 2 aliphatic rings. The maximum atomic E-state index is 11.4. The number of hydrogen-bond acceptors (Lipinski definition) is 5. The maximum absolute atomic E-state index is 11.4. The minimum Gasteiger partial charge on any atom is -0.497 e. The lowest BCUT2D eigenvalue weighted by molar-refractivity contribution is -0.137. The second-order valence-electron chi connectivity index (χ2n) is 10.5. The molecule has 7 heteroatoms. The molecule has 1 saturated carbocycles. The van der Waals surface area contributed by atoms with Crippen LogP contribution in [0.5, 0.6) is 17.2 Å². The van der Waals surface area contributed by atoms with Crippen LogP contribution in [-0.2, 0) is 4.79 Å². The minimum absolute atomic E-state index is 0. The van der Waals surface area contributed by atoms with E-state index in [1.165, 1.54) is 11.3 Å². The Bertz CT molecular complexity index is 1240. The number of piperidine rings is 1. The first kappa shape index (κ1) is 28.7. The van der Waals surface area contributed by atoms with Crippen molar-refractivity contribution < 1.29 is 24.1 Å². The van der Waals surface area contributed by atoms with Gasteiger partial charge in [0, 0.05) is 30.4 Å². The fourth-order valence-corrected chi connectivity index (χ4v) is 5.55. The number of anilines is 1. The number of rotatable bonds is 11. The van der Waals surface area contributed by atoms with Gasteiger partial charge in [-0.25, -0.2) is 0 Å². The van der Waals surface area contributed by atoms with Gasteiger partial charge in [0.2, 0.25) is 0 Å². The summed E-state index contributed by atoms with van der Waals surface area (Å²) in [6.45, 7) is 2.58. The maximum Gasteiger partial charge on any atom is 0.303 e. The van der Waals surface area contributed by atoms with Crippen molar-refractivity contribution in [1.82, 2.24) is 0 Å². The third kappa shape index (κ3) is 7.21. The van der Waals surface area contributed by atoms with Gasteiger partial charge in [-0.05, 0) is 91.0 Å².